The van der Waals surface area contributed by atoms with E-state index in [2.05, 4.69) is 5.32 Å². The summed E-state index contributed by atoms with van der Waals surface area (Å²) in [6, 6.07) is 5.01. The lowest BCUT2D eigenvalue weighted by molar-refractivity contribution is 0.0929. The number of carbonyl (C=O) groups excluding carboxylic acids is 1. The molecule has 5 nitrogen and oxygen atoms in total. The first-order valence-corrected chi connectivity index (χ1v) is 5.81. The van der Waals surface area contributed by atoms with Crippen LogP contribution in [0.4, 0.5) is 5.69 Å². The Hall–Kier alpha value is -1.75. The number of hydrogen-bond acceptors (Lipinski definition) is 4. The molecule has 0 aliphatic rings. The number of anilines is 1. The molecular weight excluding hydrogens is 232 g/mol. The lowest BCUT2D eigenvalue weighted by Gasteiger charge is -2.14. The monoisotopic (exact) mass is 252 g/mol. The minimum Gasteiger partial charge on any atom is -0.497 e. The zero-order valence-electron chi connectivity index (χ0n) is 11.0. The summed E-state index contributed by atoms with van der Waals surface area (Å²) < 4.78 is 10.0. The van der Waals surface area contributed by atoms with Crippen molar-refractivity contribution in [2.24, 2.45) is 0 Å². The lowest BCUT2D eigenvalue weighted by atomic mass is 10.1. The van der Waals surface area contributed by atoms with Gasteiger partial charge in [0, 0.05) is 37.1 Å². The second-order valence-electron chi connectivity index (χ2n) is 4.15. The van der Waals surface area contributed by atoms with E-state index in [1.54, 1.807) is 25.3 Å². The topological polar surface area (TPSA) is 73.6 Å². The summed E-state index contributed by atoms with van der Waals surface area (Å²) >= 11 is 0. The van der Waals surface area contributed by atoms with E-state index in [0.717, 1.165) is 6.42 Å². The Labute approximate surface area is 107 Å². The number of ether oxygens (including phenoxy) is 2. The van der Waals surface area contributed by atoms with Crippen molar-refractivity contribution >= 4 is 11.6 Å². The molecule has 1 rings (SSSR count). The number of rotatable bonds is 6. The van der Waals surface area contributed by atoms with E-state index in [1.807, 2.05) is 6.92 Å². The molecule has 0 saturated carbocycles. The molecule has 1 aromatic rings. The van der Waals surface area contributed by atoms with Crippen LogP contribution in [0.3, 0.4) is 0 Å². The normalized spacial score (nSPS) is 11.9. The zero-order chi connectivity index (χ0) is 13.5. The third-order valence-corrected chi connectivity index (χ3v) is 2.56. The smallest absolute Gasteiger partial charge is 0.251 e. The van der Waals surface area contributed by atoms with Gasteiger partial charge in [-0.15, -0.1) is 0 Å². The molecule has 0 spiro atoms. The first-order valence-electron chi connectivity index (χ1n) is 5.81. The standard InChI is InChI=1S/C13H20N2O3/c1-9(4-5-17-2)15-13(16)10-6-11(14)8-12(7-10)18-3/h6-9H,4-5,14H2,1-3H3,(H,15,16). The Morgan fingerprint density at radius 2 is 2.11 bits per heavy atom. The molecule has 5 heteroatoms. The molecule has 0 radical (unpaired) electrons. The molecular formula is C13H20N2O3. The van der Waals surface area contributed by atoms with Gasteiger partial charge in [-0.3, -0.25) is 4.79 Å². The molecule has 0 fully saturated rings. The highest BCUT2D eigenvalue weighted by atomic mass is 16.5. The van der Waals surface area contributed by atoms with E-state index in [0.29, 0.717) is 23.6 Å². The van der Waals surface area contributed by atoms with Crippen LogP contribution in [0.5, 0.6) is 5.75 Å². The van der Waals surface area contributed by atoms with Crippen LogP contribution in [0.1, 0.15) is 23.7 Å². The first-order chi connectivity index (χ1) is 8.56. The highest BCUT2D eigenvalue weighted by Gasteiger charge is 2.11. The van der Waals surface area contributed by atoms with E-state index in [1.165, 1.54) is 7.11 Å². The maximum atomic E-state index is 12.0. The number of nitrogen functional groups attached to an aromatic ring is 1. The van der Waals surface area contributed by atoms with Crippen LogP contribution in [0.15, 0.2) is 18.2 Å². The summed E-state index contributed by atoms with van der Waals surface area (Å²) in [4.78, 5) is 12.0. The SMILES string of the molecule is COCCC(C)NC(=O)c1cc(N)cc(OC)c1. The fraction of sp³-hybridized carbons (Fsp3) is 0.462. The van der Waals surface area contributed by atoms with Gasteiger partial charge in [-0.1, -0.05) is 0 Å². The molecule has 100 valence electrons. The minimum atomic E-state index is -0.163. The molecule has 0 bridgehead atoms. The van der Waals surface area contributed by atoms with Gasteiger partial charge in [0.25, 0.3) is 5.91 Å². The molecule has 3 N–H and O–H groups in total. The summed E-state index contributed by atoms with van der Waals surface area (Å²) in [6.45, 7) is 2.54. The van der Waals surface area contributed by atoms with Crippen LogP contribution in [0, 0.1) is 0 Å². The number of nitrogens with two attached hydrogens (primary N) is 1. The number of nitrogens with one attached hydrogen (secondary N) is 1. The maximum absolute atomic E-state index is 12.0. The van der Waals surface area contributed by atoms with Gasteiger partial charge >= 0.3 is 0 Å². The Morgan fingerprint density at radius 3 is 2.72 bits per heavy atom. The Morgan fingerprint density at radius 1 is 1.39 bits per heavy atom. The summed E-state index contributed by atoms with van der Waals surface area (Å²) in [5, 5.41) is 2.88. The van der Waals surface area contributed by atoms with Gasteiger partial charge in [-0.05, 0) is 25.5 Å². The van der Waals surface area contributed by atoms with Crippen LogP contribution in [-0.4, -0.2) is 32.8 Å². The quantitative estimate of drug-likeness (QED) is 0.751. The predicted molar refractivity (Wildman–Crippen MR) is 70.8 cm³/mol. The summed E-state index contributed by atoms with van der Waals surface area (Å²) in [5.74, 6) is 0.411. The van der Waals surface area contributed by atoms with E-state index < -0.39 is 0 Å². The molecule has 0 heterocycles. The average Bonchev–Trinajstić information content (AvgIpc) is 2.35. The van der Waals surface area contributed by atoms with Crippen molar-refractivity contribution in [1.29, 1.82) is 0 Å². The van der Waals surface area contributed by atoms with Crippen LogP contribution in [0.25, 0.3) is 0 Å². The largest absolute Gasteiger partial charge is 0.497 e. The van der Waals surface area contributed by atoms with Crippen molar-refractivity contribution in [3.63, 3.8) is 0 Å². The third kappa shape index (κ3) is 4.25. The number of benzene rings is 1. The zero-order valence-corrected chi connectivity index (χ0v) is 11.0. The van der Waals surface area contributed by atoms with Gasteiger partial charge in [0.05, 0.1) is 7.11 Å². The van der Waals surface area contributed by atoms with Crippen molar-refractivity contribution in [3.8, 4) is 5.75 Å². The van der Waals surface area contributed by atoms with E-state index in [-0.39, 0.29) is 11.9 Å². The van der Waals surface area contributed by atoms with Crippen LogP contribution in [0.2, 0.25) is 0 Å². The highest BCUT2D eigenvalue weighted by molar-refractivity contribution is 5.95. The van der Waals surface area contributed by atoms with Crippen LogP contribution < -0.4 is 15.8 Å². The second-order valence-corrected chi connectivity index (χ2v) is 4.15. The molecule has 1 unspecified atom stereocenters. The van der Waals surface area contributed by atoms with Crippen LogP contribution >= 0.6 is 0 Å². The number of amides is 1. The maximum Gasteiger partial charge on any atom is 0.251 e. The Bertz CT molecular complexity index is 407. The van der Waals surface area contributed by atoms with E-state index in [4.69, 9.17) is 15.2 Å². The summed E-state index contributed by atoms with van der Waals surface area (Å²) in [7, 11) is 3.18. The molecule has 1 atom stereocenters. The van der Waals surface area contributed by atoms with Gasteiger partial charge in [0.15, 0.2) is 0 Å². The first kappa shape index (κ1) is 14.3. The molecule has 1 aromatic carbocycles. The summed E-state index contributed by atoms with van der Waals surface area (Å²) in [6.07, 6.45) is 0.766. The van der Waals surface area contributed by atoms with Gasteiger partial charge in [0.2, 0.25) is 0 Å². The van der Waals surface area contributed by atoms with Gasteiger partial charge in [-0.25, -0.2) is 0 Å². The Kier molecular flexibility index (Phi) is 5.45. The summed E-state index contributed by atoms with van der Waals surface area (Å²) in [5.41, 5.74) is 6.70. The van der Waals surface area contributed by atoms with Crippen LogP contribution in [-0.2, 0) is 4.74 Å². The molecule has 1 amide bonds. The second kappa shape index (κ2) is 6.86. The number of methoxy groups -OCH3 is 2. The molecule has 0 saturated heterocycles. The third-order valence-electron chi connectivity index (χ3n) is 2.56. The van der Waals surface area contributed by atoms with Gasteiger partial charge in [-0.2, -0.15) is 0 Å². The van der Waals surface area contributed by atoms with E-state index >= 15 is 0 Å². The number of hydrogen-bond donors (Lipinski definition) is 2. The van der Waals surface area contributed by atoms with Crippen molar-refractivity contribution in [3.05, 3.63) is 23.8 Å². The van der Waals surface area contributed by atoms with Crippen molar-refractivity contribution in [2.75, 3.05) is 26.6 Å². The van der Waals surface area contributed by atoms with Gasteiger partial charge < -0.3 is 20.5 Å². The minimum absolute atomic E-state index is 0.0462. The lowest BCUT2D eigenvalue weighted by Crippen LogP contribution is -2.33. The van der Waals surface area contributed by atoms with Crippen molar-refractivity contribution in [1.82, 2.24) is 5.32 Å². The molecule has 18 heavy (non-hydrogen) atoms. The fourth-order valence-corrected chi connectivity index (χ4v) is 1.54. The van der Waals surface area contributed by atoms with E-state index in [9.17, 15) is 4.79 Å². The number of carbonyl (C=O) groups is 1. The molecule has 0 aliphatic heterocycles. The van der Waals surface area contributed by atoms with Gasteiger partial charge in [0.1, 0.15) is 5.75 Å². The highest BCUT2D eigenvalue weighted by Crippen LogP contribution is 2.18. The predicted octanol–water partition coefficient (Wildman–Crippen LogP) is 1.43. The molecule has 0 aliphatic carbocycles. The van der Waals surface area contributed by atoms with Crippen molar-refractivity contribution < 1.29 is 14.3 Å². The molecule has 0 aromatic heterocycles. The van der Waals surface area contributed by atoms with Crippen molar-refractivity contribution in [2.45, 2.75) is 19.4 Å². The fourth-order valence-electron chi connectivity index (χ4n) is 1.54. The average molecular weight is 252 g/mol. The Balaban J connectivity index is 2.68.